The van der Waals surface area contributed by atoms with Gasteiger partial charge in [0.2, 0.25) is 5.91 Å². The van der Waals surface area contributed by atoms with E-state index in [0.29, 0.717) is 12.2 Å². The van der Waals surface area contributed by atoms with Crippen LogP contribution in [0.25, 0.3) is 11.0 Å². The molecule has 3 aromatic heterocycles. The van der Waals surface area contributed by atoms with Gasteiger partial charge in [-0.1, -0.05) is 6.07 Å². The van der Waals surface area contributed by atoms with E-state index >= 15 is 0 Å². The second kappa shape index (κ2) is 6.43. The van der Waals surface area contributed by atoms with E-state index in [1.54, 1.807) is 18.6 Å². The first kappa shape index (κ1) is 16.9. The lowest BCUT2D eigenvalue weighted by Crippen LogP contribution is -2.52. The van der Waals surface area contributed by atoms with Crippen molar-refractivity contribution in [2.45, 2.75) is 25.3 Å². The predicted molar refractivity (Wildman–Crippen MR) is 103 cm³/mol. The molecule has 9 nitrogen and oxygen atoms in total. The van der Waals surface area contributed by atoms with Crippen molar-refractivity contribution in [1.82, 2.24) is 30.0 Å². The molecule has 2 aliphatic rings. The summed E-state index contributed by atoms with van der Waals surface area (Å²) < 4.78 is 1.89. The van der Waals surface area contributed by atoms with E-state index < -0.39 is 0 Å². The Labute approximate surface area is 160 Å². The van der Waals surface area contributed by atoms with Crippen LogP contribution in [0.15, 0.2) is 35.5 Å². The van der Waals surface area contributed by atoms with E-state index in [4.69, 9.17) is 0 Å². The second-order valence-electron chi connectivity index (χ2n) is 7.59. The topological polar surface area (TPSA) is 109 Å². The van der Waals surface area contributed by atoms with Crippen LogP contribution < -0.4 is 15.8 Å². The molecule has 0 spiro atoms. The van der Waals surface area contributed by atoms with Gasteiger partial charge in [0.1, 0.15) is 12.1 Å². The number of carbonyl (C=O) groups is 1. The van der Waals surface area contributed by atoms with Crippen molar-refractivity contribution in [2.75, 3.05) is 24.5 Å². The minimum absolute atomic E-state index is 0.00439. The average molecular weight is 379 g/mol. The summed E-state index contributed by atoms with van der Waals surface area (Å²) >= 11 is 0. The zero-order chi connectivity index (χ0) is 19.3. The number of aromatic nitrogens is 5. The first-order valence-corrected chi connectivity index (χ1v) is 9.46. The highest BCUT2D eigenvalue weighted by atomic mass is 16.1. The summed E-state index contributed by atoms with van der Waals surface area (Å²) in [4.78, 5) is 35.2. The number of aromatic amines is 1. The number of H-pyrrole nitrogens is 1. The Hall–Kier alpha value is -3.23. The maximum absolute atomic E-state index is 12.6. The highest BCUT2D eigenvalue weighted by Gasteiger charge is 2.41. The standard InChI is InChI=1S/C19H21N7O2/c1-11(27)20-7-16-13-5-12(15-3-2-4-17(28)26(15)16)8-25(9-13)19-14-6-23-24-18(14)21-10-22-19/h2-4,6,10,12-13,16H,5,7-9H2,1H3,(H,20,27)(H,21,22,23,24)/t12-,13+,16+/m1/s1. The van der Waals surface area contributed by atoms with Crippen molar-refractivity contribution in [3.05, 3.63) is 46.8 Å². The van der Waals surface area contributed by atoms with Gasteiger partial charge in [0.05, 0.1) is 17.6 Å². The third-order valence-corrected chi connectivity index (χ3v) is 5.89. The molecule has 9 heteroatoms. The molecule has 1 amide bonds. The first-order valence-electron chi connectivity index (χ1n) is 9.46. The van der Waals surface area contributed by atoms with E-state index in [1.165, 1.54) is 6.92 Å². The minimum Gasteiger partial charge on any atom is -0.355 e. The van der Waals surface area contributed by atoms with Crippen molar-refractivity contribution in [2.24, 2.45) is 5.92 Å². The molecule has 2 aliphatic heterocycles. The quantitative estimate of drug-likeness (QED) is 0.697. The largest absolute Gasteiger partial charge is 0.355 e. The minimum atomic E-state index is -0.0868. The summed E-state index contributed by atoms with van der Waals surface area (Å²) in [7, 11) is 0. The van der Waals surface area contributed by atoms with Crippen molar-refractivity contribution in [1.29, 1.82) is 0 Å². The molecule has 144 valence electrons. The van der Waals surface area contributed by atoms with Gasteiger partial charge in [0, 0.05) is 44.2 Å². The van der Waals surface area contributed by atoms with Crippen LogP contribution >= 0.6 is 0 Å². The Morgan fingerprint density at radius 2 is 2.21 bits per heavy atom. The molecular weight excluding hydrogens is 358 g/mol. The third-order valence-electron chi connectivity index (χ3n) is 5.89. The van der Waals surface area contributed by atoms with Crippen LogP contribution in [0, 0.1) is 5.92 Å². The van der Waals surface area contributed by atoms with Gasteiger partial charge in [-0.2, -0.15) is 5.10 Å². The highest BCUT2D eigenvalue weighted by molar-refractivity contribution is 5.86. The number of hydrogen-bond donors (Lipinski definition) is 2. The zero-order valence-corrected chi connectivity index (χ0v) is 15.5. The van der Waals surface area contributed by atoms with Crippen LogP contribution in [-0.2, 0) is 4.79 Å². The molecule has 0 aromatic carbocycles. The molecule has 5 rings (SSSR count). The Morgan fingerprint density at radius 1 is 1.32 bits per heavy atom. The zero-order valence-electron chi connectivity index (χ0n) is 15.5. The Kier molecular flexibility index (Phi) is 3.88. The molecule has 0 radical (unpaired) electrons. The number of anilines is 1. The van der Waals surface area contributed by atoms with Gasteiger partial charge in [-0.15, -0.1) is 0 Å². The van der Waals surface area contributed by atoms with Gasteiger partial charge in [-0.3, -0.25) is 14.7 Å². The molecule has 0 aliphatic carbocycles. The molecule has 1 saturated heterocycles. The second-order valence-corrected chi connectivity index (χ2v) is 7.59. The lowest BCUT2D eigenvalue weighted by Gasteiger charge is -2.47. The third kappa shape index (κ3) is 2.65. The molecule has 0 unspecified atom stereocenters. The highest BCUT2D eigenvalue weighted by Crippen LogP contribution is 2.42. The number of piperidine rings is 1. The fourth-order valence-electron chi connectivity index (χ4n) is 4.73. The summed E-state index contributed by atoms with van der Waals surface area (Å²) in [6.45, 7) is 3.50. The van der Waals surface area contributed by atoms with Gasteiger partial charge in [-0.05, 0) is 18.4 Å². The summed E-state index contributed by atoms with van der Waals surface area (Å²) in [6, 6.07) is 5.37. The maximum Gasteiger partial charge on any atom is 0.251 e. The number of amides is 1. The Balaban J connectivity index is 1.56. The van der Waals surface area contributed by atoms with Crippen molar-refractivity contribution >= 4 is 22.8 Å². The van der Waals surface area contributed by atoms with E-state index in [1.807, 2.05) is 16.7 Å². The summed E-state index contributed by atoms with van der Waals surface area (Å²) in [6.07, 6.45) is 4.29. The average Bonchev–Trinajstić information content (AvgIpc) is 3.17. The number of nitrogens with one attached hydrogen (secondary N) is 2. The number of fused-ring (bicyclic) bond motifs is 5. The first-order chi connectivity index (χ1) is 13.6. The van der Waals surface area contributed by atoms with Gasteiger partial charge in [-0.25, -0.2) is 9.97 Å². The van der Waals surface area contributed by atoms with Gasteiger partial charge in [0.25, 0.3) is 5.56 Å². The number of nitrogens with zero attached hydrogens (tertiary/aromatic N) is 5. The van der Waals surface area contributed by atoms with E-state index in [-0.39, 0.29) is 29.3 Å². The normalized spacial score (nSPS) is 23.5. The van der Waals surface area contributed by atoms with E-state index in [9.17, 15) is 9.59 Å². The van der Waals surface area contributed by atoms with Crippen molar-refractivity contribution in [3.8, 4) is 0 Å². The summed E-state index contributed by atoms with van der Waals surface area (Å²) in [5.74, 6) is 1.24. The smallest absolute Gasteiger partial charge is 0.251 e. The molecule has 2 N–H and O–H groups in total. The van der Waals surface area contributed by atoms with Crippen LogP contribution in [0.5, 0.6) is 0 Å². The lowest BCUT2D eigenvalue weighted by molar-refractivity contribution is -0.119. The van der Waals surface area contributed by atoms with Crippen LogP contribution in [0.2, 0.25) is 0 Å². The molecule has 2 bridgehead atoms. The van der Waals surface area contributed by atoms with Gasteiger partial charge >= 0.3 is 0 Å². The fraction of sp³-hybridized carbons (Fsp3) is 0.421. The van der Waals surface area contributed by atoms with Crippen LogP contribution in [0.3, 0.4) is 0 Å². The summed E-state index contributed by atoms with van der Waals surface area (Å²) in [5.41, 5.74) is 1.74. The monoisotopic (exact) mass is 379 g/mol. The summed E-state index contributed by atoms with van der Waals surface area (Å²) in [5, 5.41) is 10.8. The molecular formula is C19H21N7O2. The molecule has 3 atom stereocenters. The Bertz CT molecular complexity index is 1100. The number of carbonyl (C=O) groups excluding carboxylic acids is 1. The van der Waals surface area contributed by atoms with Crippen LogP contribution in [0.4, 0.5) is 5.82 Å². The van der Waals surface area contributed by atoms with Gasteiger partial charge < -0.3 is 14.8 Å². The van der Waals surface area contributed by atoms with E-state index in [2.05, 4.69) is 30.4 Å². The molecule has 5 heterocycles. The SMILES string of the molecule is CC(=O)NC[C@H]1[C@H]2C[C@H](CN(c3ncnc4[nH]ncc34)C2)c2cccc(=O)n21. The fourth-order valence-corrected chi connectivity index (χ4v) is 4.73. The number of rotatable bonds is 3. The maximum atomic E-state index is 12.6. The van der Waals surface area contributed by atoms with Gasteiger partial charge in [0.15, 0.2) is 5.65 Å². The molecule has 3 aromatic rings. The van der Waals surface area contributed by atoms with Crippen LogP contribution in [-0.4, -0.2) is 50.3 Å². The molecule has 0 saturated carbocycles. The van der Waals surface area contributed by atoms with E-state index in [0.717, 1.165) is 36.4 Å². The number of pyridine rings is 1. The molecule has 28 heavy (non-hydrogen) atoms. The number of hydrogen-bond acceptors (Lipinski definition) is 6. The predicted octanol–water partition coefficient (Wildman–Crippen LogP) is 0.815. The van der Waals surface area contributed by atoms with Crippen molar-refractivity contribution in [3.63, 3.8) is 0 Å². The molecule has 1 fully saturated rings. The van der Waals surface area contributed by atoms with Crippen LogP contribution in [0.1, 0.15) is 31.0 Å². The van der Waals surface area contributed by atoms with Crippen molar-refractivity contribution < 1.29 is 4.79 Å². The Morgan fingerprint density at radius 3 is 3.07 bits per heavy atom. The lowest BCUT2D eigenvalue weighted by atomic mass is 9.78.